The number of rotatable bonds is 6. The molecular weight excluding hydrogens is 378 g/mol. The molecule has 0 unspecified atom stereocenters. The number of halogens is 1. The van der Waals surface area contributed by atoms with Gasteiger partial charge in [-0.25, -0.2) is 0 Å². The normalized spacial score (nSPS) is 11.9. The summed E-state index contributed by atoms with van der Waals surface area (Å²) in [5.41, 5.74) is 2.81. The minimum atomic E-state index is -0.641. The van der Waals surface area contributed by atoms with Gasteiger partial charge in [0, 0.05) is 12.6 Å². The van der Waals surface area contributed by atoms with Crippen LogP contribution in [0.1, 0.15) is 23.9 Å². The molecule has 0 aliphatic rings. The topological polar surface area (TPSA) is 68.5 Å². The first-order valence-corrected chi connectivity index (χ1v) is 9.29. The number of ether oxygens (including phenoxy) is 1. The second-order valence-corrected chi connectivity index (χ2v) is 7.12. The quantitative estimate of drug-likeness (QED) is 0.613. The first kappa shape index (κ1) is 19.9. The molecule has 0 spiro atoms. The zero-order valence-corrected chi connectivity index (χ0v) is 17.0. The van der Waals surface area contributed by atoms with Crippen molar-refractivity contribution in [3.05, 3.63) is 64.5 Å². The first-order valence-electron chi connectivity index (χ1n) is 8.91. The zero-order valence-electron chi connectivity index (χ0n) is 16.3. The number of carbonyl (C=O) groups excluding carboxylic acids is 1. The maximum Gasteiger partial charge on any atom is 0.263 e. The van der Waals surface area contributed by atoms with Crippen LogP contribution in [0, 0.1) is 13.8 Å². The summed E-state index contributed by atoms with van der Waals surface area (Å²) in [6, 6.07) is 13.1. The molecule has 3 aromatic rings. The molecule has 146 valence electrons. The van der Waals surface area contributed by atoms with Crippen molar-refractivity contribution in [3.8, 4) is 17.1 Å². The van der Waals surface area contributed by atoms with Crippen LogP contribution in [0.2, 0.25) is 5.02 Å². The summed E-state index contributed by atoms with van der Waals surface area (Å²) in [7, 11) is 1.67. The third-order valence-corrected chi connectivity index (χ3v) is 4.64. The van der Waals surface area contributed by atoms with Gasteiger partial charge in [-0.2, -0.15) is 4.98 Å². The van der Waals surface area contributed by atoms with Gasteiger partial charge in [-0.05, 0) is 44.5 Å². The van der Waals surface area contributed by atoms with Gasteiger partial charge in [0.2, 0.25) is 11.7 Å². The van der Waals surface area contributed by atoms with E-state index in [1.807, 2.05) is 50.2 Å². The number of aryl methyl sites for hydroxylation is 2. The molecule has 1 aromatic heterocycles. The Hall–Kier alpha value is -2.86. The van der Waals surface area contributed by atoms with Gasteiger partial charge in [0.1, 0.15) is 5.75 Å². The van der Waals surface area contributed by atoms with Crippen LogP contribution in [0.3, 0.4) is 0 Å². The predicted octanol–water partition coefficient (Wildman–Crippen LogP) is 4.43. The molecule has 0 fully saturated rings. The van der Waals surface area contributed by atoms with E-state index in [1.54, 1.807) is 20.0 Å². The average Bonchev–Trinajstić information content (AvgIpc) is 3.11. The smallest absolute Gasteiger partial charge is 0.263 e. The molecule has 0 bridgehead atoms. The van der Waals surface area contributed by atoms with E-state index in [9.17, 15) is 4.79 Å². The van der Waals surface area contributed by atoms with E-state index in [2.05, 4.69) is 10.1 Å². The molecule has 1 amide bonds. The van der Waals surface area contributed by atoms with E-state index in [0.29, 0.717) is 28.1 Å². The number of aromatic nitrogens is 2. The minimum Gasteiger partial charge on any atom is -0.481 e. The number of carbonyl (C=O) groups is 1. The molecule has 0 aliphatic carbocycles. The second-order valence-electron chi connectivity index (χ2n) is 6.71. The second kappa shape index (κ2) is 8.44. The molecule has 0 N–H and O–H groups in total. The predicted molar refractivity (Wildman–Crippen MR) is 107 cm³/mol. The van der Waals surface area contributed by atoms with E-state index in [4.69, 9.17) is 20.9 Å². The third-order valence-electron chi connectivity index (χ3n) is 4.31. The van der Waals surface area contributed by atoms with E-state index in [1.165, 1.54) is 4.90 Å². The number of hydrogen-bond acceptors (Lipinski definition) is 5. The summed E-state index contributed by atoms with van der Waals surface area (Å²) in [6.45, 7) is 5.87. The van der Waals surface area contributed by atoms with Gasteiger partial charge in [0.15, 0.2) is 6.10 Å². The highest BCUT2D eigenvalue weighted by atomic mass is 35.5. The molecule has 0 saturated heterocycles. The van der Waals surface area contributed by atoms with Gasteiger partial charge in [0.05, 0.1) is 11.6 Å². The maximum atomic E-state index is 12.7. The highest BCUT2D eigenvalue weighted by molar-refractivity contribution is 6.33. The first-order chi connectivity index (χ1) is 13.3. The van der Waals surface area contributed by atoms with E-state index in [0.717, 1.165) is 11.1 Å². The number of amides is 1. The standard InChI is InChI=1S/C21H22ClN3O3/c1-13-9-10-18(14(2)11-13)27-15(3)21(26)25(4)12-19-23-20(24-28-19)16-7-5-6-8-17(16)22/h5-11,15H,12H2,1-4H3/t15-/m1/s1. The SMILES string of the molecule is Cc1ccc(O[C@H](C)C(=O)N(C)Cc2nc(-c3ccccc3Cl)no2)c(C)c1. The Kier molecular flexibility index (Phi) is 5.99. The van der Waals surface area contributed by atoms with Gasteiger partial charge < -0.3 is 14.2 Å². The van der Waals surface area contributed by atoms with Crippen molar-refractivity contribution >= 4 is 17.5 Å². The number of benzene rings is 2. The molecule has 28 heavy (non-hydrogen) atoms. The lowest BCUT2D eigenvalue weighted by molar-refractivity contribution is -0.137. The largest absolute Gasteiger partial charge is 0.481 e. The lowest BCUT2D eigenvalue weighted by atomic mass is 10.1. The van der Waals surface area contributed by atoms with Gasteiger partial charge in [-0.3, -0.25) is 4.79 Å². The van der Waals surface area contributed by atoms with Crippen LogP contribution in [0.15, 0.2) is 47.0 Å². The summed E-state index contributed by atoms with van der Waals surface area (Å²) in [6.07, 6.45) is -0.641. The third kappa shape index (κ3) is 4.51. The lowest BCUT2D eigenvalue weighted by Crippen LogP contribution is -2.37. The summed E-state index contributed by atoms with van der Waals surface area (Å²) >= 11 is 6.16. The molecule has 1 heterocycles. The average molecular weight is 400 g/mol. The summed E-state index contributed by atoms with van der Waals surface area (Å²) < 4.78 is 11.1. The monoisotopic (exact) mass is 399 g/mol. The molecular formula is C21H22ClN3O3. The molecule has 0 radical (unpaired) electrons. The van der Waals surface area contributed by atoms with Gasteiger partial charge in [-0.15, -0.1) is 0 Å². The highest BCUT2D eigenvalue weighted by Crippen LogP contribution is 2.25. The van der Waals surface area contributed by atoms with E-state index >= 15 is 0 Å². The Morgan fingerprint density at radius 1 is 1.25 bits per heavy atom. The Balaban J connectivity index is 1.65. The van der Waals surface area contributed by atoms with Crippen LogP contribution in [0.4, 0.5) is 0 Å². The fourth-order valence-electron chi connectivity index (χ4n) is 2.83. The Labute approximate surface area is 169 Å². The van der Waals surface area contributed by atoms with Crippen molar-refractivity contribution in [2.75, 3.05) is 7.05 Å². The Morgan fingerprint density at radius 2 is 2.00 bits per heavy atom. The van der Waals surface area contributed by atoms with Crippen molar-refractivity contribution in [2.45, 2.75) is 33.4 Å². The molecule has 3 rings (SSSR count). The Morgan fingerprint density at radius 3 is 2.71 bits per heavy atom. The summed E-state index contributed by atoms with van der Waals surface area (Å²) in [5.74, 6) is 1.22. The minimum absolute atomic E-state index is 0.177. The number of likely N-dealkylation sites (N-methyl/N-ethyl adjacent to an activating group) is 1. The van der Waals surface area contributed by atoms with Gasteiger partial charge in [-0.1, -0.05) is 46.6 Å². The fraction of sp³-hybridized carbons (Fsp3) is 0.286. The van der Waals surface area contributed by atoms with Crippen molar-refractivity contribution in [1.82, 2.24) is 15.0 Å². The molecule has 0 saturated carbocycles. The number of hydrogen-bond donors (Lipinski definition) is 0. The van der Waals surface area contributed by atoms with Crippen molar-refractivity contribution in [3.63, 3.8) is 0 Å². The molecule has 6 nitrogen and oxygen atoms in total. The zero-order chi connectivity index (χ0) is 20.3. The molecule has 0 aliphatic heterocycles. The van der Waals surface area contributed by atoms with Gasteiger partial charge >= 0.3 is 0 Å². The van der Waals surface area contributed by atoms with Crippen LogP contribution in [-0.2, 0) is 11.3 Å². The van der Waals surface area contributed by atoms with Crippen LogP contribution >= 0.6 is 11.6 Å². The van der Waals surface area contributed by atoms with Crippen LogP contribution in [0.25, 0.3) is 11.4 Å². The van der Waals surface area contributed by atoms with E-state index in [-0.39, 0.29) is 12.5 Å². The maximum absolute atomic E-state index is 12.7. The summed E-state index contributed by atoms with van der Waals surface area (Å²) in [5, 5.41) is 4.49. The Bertz CT molecular complexity index is 987. The van der Waals surface area contributed by atoms with E-state index < -0.39 is 6.10 Å². The van der Waals surface area contributed by atoms with Crippen molar-refractivity contribution in [2.24, 2.45) is 0 Å². The molecule has 7 heteroatoms. The molecule has 2 aromatic carbocycles. The lowest BCUT2D eigenvalue weighted by Gasteiger charge is -2.21. The summed E-state index contributed by atoms with van der Waals surface area (Å²) in [4.78, 5) is 18.5. The van der Waals surface area contributed by atoms with Crippen LogP contribution in [-0.4, -0.2) is 34.1 Å². The van der Waals surface area contributed by atoms with Crippen molar-refractivity contribution in [1.29, 1.82) is 0 Å². The fourth-order valence-corrected chi connectivity index (χ4v) is 3.05. The molecule has 1 atom stereocenters. The van der Waals surface area contributed by atoms with Gasteiger partial charge in [0.25, 0.3) is 5.91 Å². The van der Waals surface area contributed by atoms with Crippen LogP contribution in [0.5, 0.6) is 5.75 Å². The van der Waals surface area contributed by atoms with Crippen molar-refractivity contribution < 1.29 is 14.1 Å². The van der Waals surface area contributed by atoms with Crippen LogP contribution < -0.4 is 4.74 Å². The number of nitrogens with zero attached hydrogens (tertiary/aromatic N) is 3. The highest BCUT2D eigenvalue weighted by Gasteiger charge is 2.22.